The van der Waals surface area contributed by atoms with Crippen LogP contribution in [0.25, 0.3) is 0 Å². The Bertz CT molecular complexity index is 305. The molecule has 1 saturated heterocycles. The maximum Gasteiger partial charge on any atom is 0.407 e. The van der Waals surface area contributed by atoms with Gasteiger partial charge in [0.2, 0.25) is 0 Å². The van der Waals surface area contributed by atoms with Crippen molar-refractivity contribution in [2.75, 3.05) is 32.8 Å². The van der Waals surface area contributed by atoms with Crippen molar-refractivity contribution in [3.63, 3.8) is 0 Å². The summed E-state index contributed by atoms with van der Waals surface area (Å²) < 4.78 is 5.25. The van der Waals surface area contributed by atoms with Crippen LogP contribution in [0.3, 0.4) is 0 Å². The Kier molecular flexibility index (Phi) is 7.71. The summed E-state index contributed by atoms with van der Waals surface area (Å²) in [5.74, 6) is 0. The van der Waals surface area contributed by atoms with Crippen molar-refractivity contribution in [3.8, 4) is 0 Å². The van der Waals surface area contributed by atoms with E-state index < -0.39 is 11.2 Å². The van der Waals surface area contributed by atoms with Crippen LogP contribution in [-0.2, 0) is 9.57 Å². The van der Waals surface area contributed by atoms with Crippen LogP contribution >= 0.6 is 0 Å². The monoisotopic (exact) mass is 289 g/mol. The number of unbranched alkanes of at least 4 members (excludes halogenated alkanes) is 1. The molecule has 0 saturated carbocycles. The minimum absolute atomic E-state index is 0.0646. The van der Waals surface area contributed by atoms with E-state index in [2.05, 4.69) is 22.0 Å². The number of nitrogens with one attached hydrogen (secondary N) is 1. The molecule has 1 rings (SSSR count). The average molecular weight is 289 g/mol. The van der Waals surface area contributed by atoms with Crippen LogP contribution in [0.4, 0.5) is 4.79 Å². The van der Waals surface area contributed by atoms with E-state index in [9.17, 15) is 14.9 Å². The smallest absolute Gasteiger partial charge is 0.407 e. The van der Waals surface area contributed by atoms with Gasteiger partial charge < -0.3 is 19.8 Å². The van der Waals surface area contributed by atoms with Gasteiger partial charge in [-0.1, -0.05) is 13.3 Å². The second kappa shape index (κ2) is 9.35. The minimum Gasteiger partial charge on any atom is -0.446 e. The van der Waals surface area contributed by atoms with Crippen molar-refractivity contribution in [1.29, 1.82) is 0 Å². The number of hydrogen-bond acceptors (Lipinski definition) is 6. The first-order chi connectivity index (χ1) is 9.61. The van der Waals surface area contributed by atoms with Crippen molar-refractivity contribution in [2.24, 2.45) is 0 Å². The van der Waals surface area contributed by atoms with Crippen molar-refractivity contribution in [2.45, 2.75) is 38.7 Å². The van der Waals surface area contributed by atoms with Crippen molar-refractivity contribution < 1.29 is 19.5 Å². The maximum absolute atomic E-state index is 11.4. The molecular weight excluding hydrogens is 266 g/mol. The van der Waals surface area contributed by atoms with E-state index in [-0.39, 0.29) is 19.3 Å². The van der Waals surface area contributed by atoms with Crippen LogP contribution in [-0.4, -0.2) is 55.0 Å². The number of piperidine rings is 1. The quantitative estimate of drug-likeness (QED) is 0.410. The van der Waals surface area contributed by atoms with Crippen LogP contribution in [0.5, 0.6) is 0 Å². The van der Waals surface area contributed by atoms with E-state index in [1.54, 1.807) is 0 Å². The Morgan fingerprint density at radius 1 is 1.45 bits per heavy atom. The Hall–Kier alpha value is -1.57. The number of amides is 1. The third kappa shape index (κ3) is 7.13. The fourth-order valence-electron chi connectivity index (χ4n) is 2.10. The largest absolute Gasteiger partial charge is 0.446 e. The zero-order chi connectivity index (χ0) is 14.8. The predicted molar refractivity (Wildman–Crippen MR) is 71.8 cm³/mol. The lowest BCUT2D eigenvalue weighted by molar-refractivity contribution is -0.757. The second-order valence-corrected chi connectivity index (χ2v) is 4.78. The van der Waals surface area contributed by atoms with Crippen LogP contribution in [0, 0.1) is 10.1 Å². The molecule has 0 aromatic carbocycles. The highest BCUT2D eigenvalue weighted by molar-refractivity contribution is 5.67. The van der Waals surface area contributed by atoms with Crippen LogP contribution in [0.1, 0.15) is 32.6 Å². The highest BCUT2D eigenvalue weighted by atomic mass is 16.9. The molecule has 0 aromatic rings. The number of alkyl carbamates (subject to hydrolysis) is 1. The fraction of sp³-hybridized carbons (Fsp3) is 0.917. The topological polar surface area (TPSA) is 93.9 Å². The average Bonchev–Trinajstić information content (AvgIpc) is 2.43. The zero-order valence-electron chi connectivity index (χ0n) is 11.9. The molecule has 1 fully saturated rings. The minimum atomic E-state index is -0.890. The Labute approximate surface area is 118 Å². The lowest BCUT2D eigenvalue weighted by atomic mass is 10.1. The lowest BCUT2D eigenvalue weighted by Gasteiger charge is -2.31. The Morgan fingerprint density at radius 3 is 2.75 bits per heavy atom. The Balaban J connectivity index is 2.07. The van der Waals surface area contributed by atoms with E-state index in [4.69, 9.17) is 4.74 Å². The number of ether oxygens (including phenoxy) is 1. The summed E-state index contributed by atoms with van der Waals surface area (Å²) in [6, 6.07) is 0. The van der Waals surface area contributed by atoms with Gasteiger partial charge in [-0.25, -0.2) is 4.79 Å². The molecule has 116 valence electrons. The molecule has 8 heteroatoms. The lowest BCUT2D eigenvalue weighted by Crippen LogP contribution is -2.40. The summed E-state index contributed by atoms with van der Waals surface area (Å²) in [4.78, 5) is 27.8. The SMILES string of the molecule is CCCCN1CCC(OC(=O)NCCO[N+](=O)[O-])CC1. The second-order valence-electron chi connectivity index (χ2n) is 4.78. The summed E-state index contributed by atoms with van der Waals surface area (Å²) in [7, 11) is 0. The highest BCUT2D eigenvalue weighted by Crippen LogP contribution is 2.14. The Morgan fingerprint density at radius 2 is 2.15 bits per heavy atom. The van der Waals surface area contributed by atoms with E-state index in [0.717, 1.165) is 32.5 Å². The van der Waals surface area contributed by atoms with Crippen molar-refractivity contribution in [3.05, 3.63) is 10.1 Å². The van der Waals surface area contributed by atoms with E-state index >= 15 is 0 Å². The molecule has 8 nitrogen and oxygen atoms in total. The van der Waals surface area contributed by atoms with Gasteiger partial charge in [0, 0.05) is 19.6 Å². The molecule has 0 unspecified atom stereocenters. The van der Waals surface area contributed by atoms with Crippen LogP contribution in [0.15, 0.2) is 0 Å². The number of carbonyl (C=O) groups is 1. The third-order valence-corrected chi connectivity index (χ3v) is 3.20. The van der Waals surface area contributed by atoms with Crippen LogP contribution < -0.4 is 5.32 Å². The molecular formula is C12H23N3O5. The third-order valence-electron chi connectivity index (χ3n) is 3.20. The maximum atomic E-state index is 11.4. The first-order valence-electron chi connectivity index (χ1n) is 7.06. The summed E-state index contributed by atoms with van der Waals surface area (Å²) in [5.41, 5.74) is 0. The van der Waals surface area contributed by atoms with Gasteiger partial charge in [0.05, 0.1) is 0 Å². The molecule has 0 radical (unpaired) electrons. The van der Waals surface area contributed by atoms with E-state index in [0.29, 0.717) is 0 Å². The van der Waals surface area contributed by atoms with Gasteiger partial charge in [-0.05, 0) is 25.8 Å². The normalized spacial score (nSPS) is 16.6. The van der Waals surface area contributed by atoms with Gasteiger partial charge >= 0.3 is 6.09 Å². The molecule has 0 aliphatic carbocycles. The number of rotatable bonds is 8. The van der Waals surface area contributed by atoms with Gasteiger partial charge in [0.15, 0.2) is 0 Å². The standard InChI is InChI=1S/C12H23N3O5/c1-2-3-7-14-8-4-11(5-9-14)20-12(16)13-6-10-19-15(17)18/h11H,2-10H2,1H3,(H,13,16). The zero-order valence-corrected chi connectivity index (χ0v) is 11.9. The highest BCUT2D eigenvalue weighted by Gasteiger charge is 2.21. The molecule has 1 aliphatic rings. The summed E-state index contributed by atoms with van der Waals surface area (Å²) in [6.45, 7) is 5.06. The molecule has 0 atom stereocenters. The first-order valence-corrected chi connectivity index (χ1v) is 7.06. The predicted octanol–water partition coefficient (Wildman–Crippen LogP) is 1.19. The van der Waals surface area contributed by atoms with Crippen molar-refractivity contribution >= 4 is 6.09 Å². The molecule has 0 aromatic heterocycles. The summed E-state index contributed by atoms with van der Waals surface area (Å²) in [6.07, 6.45) is 3.45. The molecule has 1 heterocycles. The number of carbonyl (C=O) groups excluding carboxylic acids is 1. The van der Waals surface area contributed by atoms with Crippen LogP contribution in [0.2, 0.25) is 0 Å². The molecule has 0 bridgehead atoms. The molecule has 1 N–H and O–H groups in total. The van der Waals surface area contributed by atoms with Gasteiger partial charge in [-0.15, -0.1) is 10.1 Å². The van der Waals surface area contributed by atoms with E-state index in [1.807, 2.05) is 0 Å². The van der Waals surface area contributed by atoms with Gasteiger partial charge in [-0.2, -0.15) is 0 Å². The van der Waals surface area contributed by atoms with Gasteiger partial charge in [0.25, 0.3) is 5.09 Å². The van der Waals surface area contributed by atoms with E-state index in [1.165, 1.54) is 12.8 Å². The summed E-state index contributed by atoms with van der Waals surface area (Å²) in [5, 5.41) is 11.4. The molecule has 1 amide bonds. The van der Waals surface area contributed by atoms with Gasteiger partial charge in [-0.3, -0.25) is 0 Å². The molecule has 1 aliphatic heterocycles. The molecule has 0 spiro atoms. The fourth-order valence-corrected chi connectivity index (χ4v) is 2.10. The number of likely N-dealkylation sites (tertiary alicyclic amines) is 1. The van der Waals surface area contributed by atoms with Crippen molar-refractivity contribution in [1.82, 2.24) is 10.2 Å². The summed E-state index contributed by atoms with van der Waals surface area (Å²) >= 11 is 0. The van der Waals surface area contributed by atoms with Gasteiger partial charge in [0.1, 0.15) is 12.7 Å². The number of nitrogens with zero attached hydrogens (tertiary/aromatic N) is 2. The number of hydrogen-bond donors (Lipinski definition) is 1. The first kappa shape index (κ1) is 16.5. The molecule has 20 heavy (non-hydrogen) atoms.